The number of primary sulfonamides is 1. The number of thiazole rings is 1. The summed E-state index contributed by atoms with van der Waals surface area (Å²) in [6.45, 7) is 0. The molecule has 2 unspecified atom stereocenters. The fourth-order valence-electron chi connectivity index (χ4n) is 4.49. The first-order valence-corrected chi connectivity index (χ1v) is 15.4. The molecule has 5 rings (SSSR count). The monoisotopic (exact) mass is 556 g/mol. The van der Waals surface area contributed by atoms with Gasteiger partial charge in [0.25, 0.3) is 0 Å². The largest absolute Gasteiger partial charge is 0.497 e. The quantitative estimate of drug-likeness (QED) is 0.255. The second-order valence-electron chi connectivity index (χ2n) is 8.96. The average molecular weight is 557 g/mol. The Morgan fingerprint density at radius 1 is 1.11 bits per heavy atom. The average Bonchev–Trinajstić information content (AvgIpc) is 3.51. The van der Waals surface area contributed by atoms with Crippen LogP contribution in [-0.2, 0) is 16.4 Å². The van der Waals surface area contributed by atoms with Crippen molar-refractivity contribution in [3.63, 3.8) is 0 Å². The predicted molar refractivity (Wildman–Crippen MR) is 149 cm³/mol. The number of methoxy groups -OCH3 is 1. The number of anilines is 2. The number of ether oxygens (including phenoxy) is 1. The van der Waals surface area contributed by atoms with Gasteiger partial charge in [-0.2, -0.15) is 0 Å². The number of hydrogen-bond donors (Lipinski definition) is 3. The minimum Gasteiger partial charge on any atom is -0.497 e. The summed E-state index contributed by atoms with van der Waals surface area (Å²) < 4.78 is 30.4. The predicted octanol–water partition coefficient (Wildman–Crippen LogP) is 4.50. The lowest BCUT2D eigenvalue weighted by Crippen LogP contribution is -2.21. The third kappa shape index (κ3) is 6.15. The highest BCUT2D eigenvalue weighted by Gasteiger charge is 2.26. The second-order valence-corrected chi connectivity index (χ2v) is 12.4. The summed E-state index contributed by atoms with van der Waals surface area (Å²) in [5.41, 5.74) is 2.62. The molecule has 0 spiro atoms. The van der Waals surface area contributed by atoms with Crippen molar-refractivity contribution < 1.29 is 13.2 Å². The van der Waals surface area contributed by atoms with E-state index < -0.39 is 10.0 Å². The summed E-state index contributed by atoms with van der Waals surface area (Å²) in [5.74, 6) is 1.40. The Morgan fingerprint density at radius 3 is 2.46 bits per heavy atom. The van der Waals surface area contributed by atoms with E-state index in [-0.39, 0.29) is 17.0 Å². The van der Waals surface area contributed by atoms with Gasteiger partial charge < -0.3 is 15.4 Å². The van der Waals surface area contributed by atoms with Crippen molar-refractivity contribution in [2.75, 3.05) is 24.0 Å². The summed E-state index contributed by atoms with van der Waals surface area (Å²) in [5, 5.41) is 13.2. The molecular formula is C25H28N6O3S3. The van der Waals surface area contributed by atoms with Crippen LogP contribution in [0.2, 0.25) is 0 Å². The number of nitrogens with two attached hydrogens (primary N) is 1. The van der Waals surface area contributed by atoms with E-state index >= 15 is 0 Å². The zero-order valence-corrected chi connectivity index (χ0v) is 22.9. The second kappa shape index (κ2) is 10.8. The third-order valence-electron chi connectivity index (χ3n) is 6.39. The first-order chi connectivity index (χ1) is 17.8. The lowest BCUT2D eigenvalue weighted by molar-refractivity contribution is 0.414. The van der Waals surface area contributed by atoms with Gasteiger partial charge in [0.05, 0.1) is 22.2 Å². The van der Waals surface area contributed by atoms with Crippen LogP contribution in [-0.4, -0.2) is 48.8 Å². The van der Waals surface area contributed by atoms with Crippen LogP contribution in [0.25, 0.3) is 10.2 Å². The number of fused-ring (bicyclic) bond motifs is 1. The molecule has 12 heteroatoms. The molecule has 194 valence electrons. The molecule has 2 aromatic carbocycles. The van der Waals surface area contributed by atoms with Gasteiger partial charge in [-0.25, -0.2) is 28.5 Å². The number of rotatable bonds is 9. The number of nitrogens with one attached hydrogen (secondary N) is 2. The Morgan fingerprint density at radius 2 is 1.81 bits per heavy atom. The van der Waals surface area contributed by atoms with Crippen molar-refractivity contribution in [1.29, 1.82) is 0 Å². The zero-order chi connectivity index (χ0) is 26.0. The van der Waals surface area contributed by atoms with Crippen LogP contribution in [0.3, 0.4) is 0 Å². The number of nitrogens with zero attached hydrogens (tertiary/aromatic N) is 3. The highest BCUT2D eigenvalue weighted by molar-refractivity contribution is 7.98. The Bertz CT molecular complexity index is 1490. The lowest BCUT2D eigenvalue weighted by Gasteiger charge is -2.14. The maximum atomic E-state index is 12.2. The van der Waals surface area contributed by atoms with Gasteiger partial charge in [-0.05, 0) is 67.3 Å². The minimum atomic E-state index is -3.86. The highest BCUT2D eigenvalue weighted by Crippen LogP contribution is 2.34. The van der Waals surface area contributed by atoms with Gasteiger partial charge in [-0.3, -0.25) is 0 Å². The molecule has 0 radical (unpaired) electrons. The number of benzene rings is 2. The van der Waals surface area contributed by atoms with E-state index in [1.54, 1.807) is 31.0 Å². The highest BCUT2D eigenvalue weighted by atomic mass is 32.2. The first kappa shape index (κ1) is 25.7. The zero-order valence-electron chi connectivity index (χ0n) is 20.5. The summed E-state index contributed by atoms with van der Waals surface area (Å²) in [6.07, 6.45) is 9.06. The standard InChI is InChI=1S/C25H28N6O3S3/c1-34-19-7-3-15(4-8-19)9-16-10-21(37(26,32)33)12-22-23(16)31-25(36-22)30-18-6-5-17(11-18)29-24-27-13-20(35-2)14-28-24/h3-4,7-8,10,12-14,17-18H,5-6,9,11H2,1-2H3,(H,30,31)(H2,26,32,33)(H,27,28,29). The molecule has 4 aromatic rings. The lowest BCUT2D eigenvalue weighted by atomic mass is 10.0. The molecular weight excluding hydrogens is 529 g/mol. The SMILES string of the molecule is COc1ccc(Cc2cc(S(N)(=O)=O)cc3sc(NC4CCC(Nc5ncc(SC)cn5)C4)nc23)cc1. The van der Waals surface area contributed by atoms with Gasteiger partial charge in [-0.15, -0.1) is 11.8 Å². The van der Waals surface area contributed by atoms with Crippen molar-refractivity contribution >= 4 is 54.4 Å². The third-order valence-corrected chi connectivity index (χ3v) is 8.90. The summed E-state index contributed by atoms with van der Waals surface area (Å²) in [6, 6.07) is 11.4. The van der Waals surface area contributed by atoms with Crippen molar-refractivity contribution in [2.24, 2.45) is 5.14 Å². The van der Waals surface area contributed by atoms with Gasteiger partial charge in [0, 0.05) is 29.4 Å². The molecule has 2 atom stereocenters. The van der Waals surface area contributed by atoms with Crippen LogP contribution in [0.4, 0.5) is 11.1 Å². The van der Waals surface area contributed by atoms with Crippen LogP contribution < -0.4 is 20.5 Å². The van der Waals surface area contributed by atoms with E-state index in [2.05, 4.69) is 20.6 Å². The molecule has 1 aliphatic rings. The minimum absolute atomic E-state index is 0.0938. The van der Waals surface area contributed by atoms with Crippen LogP contribution in [0.1, 0.15) is 30.4 Å². The number of sulfonamides is 1. The Kier molecular flexibility index (Phi) is 7.52. The van der Waals surface area contributed by atoms with Gasteiger partial charge in [-0.1, -0.05) is 23.5 Å². The van der Waals surface area contributed by atoms with E-state index in [0.717, 1.165) is 56.4 Å². The fourth-order valence-corrected chi connectivity index (χ4v) is 6.50. The molecule has 0 amide bonds. The molecule has 1 fully saturated rings. The molecule has 9 nitrogen and oxygen atoms in total. The van der Waals surface area contributed by atoms with Crippen molar-refractivity contribution in [3.8, 4) is 5.75 Å². The number of aromatic nitrogens is 3. The van der Waals surface area contributed by atoms with Gasteiger partial charge in [0.1, 0.15) is 5.75 Å². The van der Waals surface area contributed by atoms with Crippen LogP contribution in [0.5, 0.6) is 5.75 Å². The molecule has 0 saturated heterocycles. The Hall–Kier alpha value is -2.93. The normalized spacial score (nSPS) is 17.7. The topological polar surface area (TPSA) is 132 Å². The molecule has 1 saturated carbocycles. The molecule has 2 heterocycles. The first-order valence-electron chi connectivity index (χ1n) is 11.8. The molecule has 0 aliphatic heterocycles. The van der Waals surface area contributed by atoms with Gasteiger partial charge in [0.15, 0.2) is 5.13 Å². The number of hydrogen-bond acceptors (Lipinski definition) is 10. The van der Waals surface area contributed by atoms with Gasteiger partial charge >= 0.3 is 0 Å². The van der Waals surface area contributed by atoms with E-state index in [0.29, 0.717) is 12.4 Å². The van der Waals surface area contributed by atoms with E-state index in [1.807, 2.05) is 42.9 Å². The smallest absolute Gasteiger partial charge is 0.238 e. The van der Waals surface area contributed by atoms with E-state index in [1.165, 1.54) is 11.3 Å². The Balaban J connectivity index is 1.34. The summed E-state index contributed by atoms with van der Waals surface area (Å²) >= 11 is 3.06. The van der Waals surface area contributed by atoms with Crippen LogP contribution >= 0.6 is 23.1 Å². The van der Waals surface area contributed by atoms with Crippen molar-refractivity contribution in [3.05, 3.63) is 59.9 Å². The molecule has 4 N–H and O–H groups in total. The van der Waals surface area contributed by atoms with Gasteiger partial charge in [0.2, 0.25) is 16.0 Å². The Labute approximate surface area is 224 Å². The summed E-state index contributed by atoms with van der Waals surface area (Å²) in [4.78, 5) is 14.8. The molecule has 2 aromatic heterocycles. The van der Waals surface area contributed by atoms with Crippen molar-refractivity contribution in [1.82, 2.24) is 15.0 Å². The van der Waals surface area contributed by atoms with Crippen molar-refractivity contribution in [2.45, 2.75) is 47.6 Å². The van der Waals surface area contributed by atoms with E-state index in [9.17, 15) is 8.42 Å². The van der Waals surface area contributed by atoms with Crippen LogP contribution in [0, 0.1) is 0 Å². The number of thioether (sulfide) groups is 1. The molecule has 0 bridgehead atoms. The maximum absolute atomic E-state index is 12.2. The molecule has 37 heavy (non-hydrogen) atoms. The van der Waals surface area contributed by atoms with Crippen LogP contribution in [0.15, 0.2) is 58.6 Å². The summed E-state index contributed by atoms with van der Waals surface area (Å²) in [7, 11) is -2.24. The van der Waals surface area contributed by atoms with E-state index in [4.69, 9.17) is 14.9 Å². The fraction of sp³-hybridized carbons (Fsp3) is 0.320. The molecule has 1 aliphatic carbocycles. The maximum Gasteiger partial charge on any atom is 0.238 e.